The molecule has 0 radical (unpaired) electrons. The minimum atomic E-state index is -0.329. The minimum Gasteiger partial charge on any atom is -0.379 e. The molecule has 2 amide bonds. The number of benzene rings is 1. The van der Waals surface area contributed by atoms with E-state index in [0.717, 1.165) is 56.1 Å². The van der Waals surface area contributed by atoms with Crippen LogP contribution in [0.1, 0.15) is 5.56 Å². The quantitative estimate of drug-likeness (QED) is 0.467. The van der Waals surface area contributed by atoms with E-state index in [1.54, 1.807) is 30.9 Å². The molecule has 33 heavy (non-hydrogen) atoms. The van der Waals surface area contributed by atoms with Crippen molar-refractivity contribution in [3.8, 4) is 11.1 Å². The standard InChI is InChI=1S/C23H26ClN7O2/c24-20-3-1-2-17(10-20)12-29-23(32)30-21-11-18(13-25-16-21)19-14-27-22(28-15-19)26-4-5-31-6-8-33-9-7-31/h1-3,10-11,13-16H,4-9,12H2,(H,26,27,28)(H2,29,30,32). The Morgan fingerprint density at radius 1 is 1.06 bits per heavy atom. The van der Waals surface area contributed by atoms with Crippen LogP contribution in [0.15, 0.2) is 55.1 Å². The van der Waals surface area contributed by atoms with Crippen molar-refractivity contribution in [1.82, 2.24) is 25.2 Å². The summed E-state index contributed by atoms with van der Waals surface area (Å²) in [5, 5.41) is 9.48. The van der Waals surface area contributed by atoms with Gasteiger partial charge in [-0.05, 0) is 23.8 Å². The molecule has 1 aliphatic heterocycles. The number of anilines is 2. The Morgan fingerprint density at radius 3 is 2.67 bits per heavy atom. The second-order valence-electron chi connectivity index (χ2n) is 7.58. The molecule has 1 saturated heterocycles. The lowest BCUT2D eigenvalue weighted by molar-refractivity contribution is 0.0398. The molecule has 0 unspecified atom stereocenters. The zero-order valence-corrected chi connectivity index (χ0v) is 18.9. The van der Waals surface area contributed by atoms with E-state index in [4.69, 9.17) is 16.3 Å². The molecule has 172 valence electrons. The van der Waals surface area contributed by atoms with Crippen LogP contribution in [0.25, 0.3) is 11.1 Å². The second kappa shape index (κ2) is 11.6. The van der Waals surface area contributed by atoms with Crippen LogP contribution in [-0.2, 0) is 11.3 Å². The fourth-order valence-corrected chi connectivity index (χ4v) is 3.60. The zero-order chi connectivity index (χ0) is 22.9. The van der Waals surface area contributed by atoms with Gasteiger partial charge in [-0.1, -0.05) is 23.7 Å². The number of rotatable bonds is 8. The van der Waals surface area contributed by atoms with Crippen molar-refractivity contribution >= 4 is 29.3 Å². The third kappa shape index (κ3) is 7.11. The minimum absolute atomic E-state index is 0.329. The maximum Gasteiger partial charge on any atom is 0.319 e. The van der Waals surface area contributed by atoms with Crippen molar-refractivity contribution in [3.63, 3.8) is 0 Å². The molecule has 0 aliphatic carbocycles. The lowest BCUT2D eigenvalue weighted by atomic mass is 10.1. The van der Waals surface area contributed by atoms with Crippen molar-refractivity contribution in [2.45, 2.75) is 6.54 Å². The van der Waals surface area contributed by atoms with E-state index in [-0.39, 0.29) is 6.03 Å². The molecule has 0 bridgehead atoms. The predicted molar refractivity (Wildman–Crippen MR) is 128 cm³/mol. The van der Waals surface area contributed by atoms with Crippen molar-refractivity contribution in [2.24, 2.45) is 0 Å². The lowest BCUT2D eigenvalue weighted by Gasteiger charge is -2.26. The largest absolute Gasteiger partial charge is 0.379 e. The summed E-state index contributed by atoms with van der Waals surface area (Å²) in [6.45, 7) is 5.55. The number of carbonyl (C=O) groups is 1. The monoisotopic (exact) mass is 467 g/mol. The van der Waals surface area contributed by atoms with Crippen LogP contribution in [0.5, 0.6) is 0 Å². The van der Waals surface area contributed by atoms with Crippen LogP contribution in [-0.4, -0.2) is 65.3 Å². The Balaban J connectivity index is 1.28. The average Bonchev–Trinajstić information content (AvgIpc) is 2.84. The Labute approximate surface area is 197 Å². The number of nitrogens with zero attached hydrogens (tertiary/aromatic N) is 4. The average molecular weight is 468 g/mol. The number of nitrogens with one attached hydrogen (secondary N) is 3. The number of pyridine rings is 1. The van der Waals surface area contributed by atoms with Crippen molar-refractivity contribution in [3.05, 3.63) is 65.7 Å². The van der Waals surface area contributed by atoms with E-state index < -0.39 is 0 Å². The SMILES string of the molecule is O=C(NCc1cccc(Cl)c1)Nc1cncc(-c2cnc(NCCN3CCOCC3)nc2)c1. The van der Waals surface area contributed by atoms with Crippen molar-refractivity contribution < 1.29 is 9.53 Å². The van der Waals surface area contributed by atoms with Crippen molar-refractivity contribution in [1.29, 1.82) is 0 Å². The fourth-order valence-electron chi connectivity index (χ4n) is 3.39. The van der Waals surface area contributed by atoms with Gasteiger partial charge in [-0.3, -0.25) is 9.88 Å². The van der Waals surface area contributed by atoms with Gasteiger partial charge in [0, 0.05) is 67.5 Å². The van der Waals surface area contributed by atoms with Crippen LogP contribution in [0.4, 0.5) is 16.4 Å². The van der Waals surface area contributed by atoms with E-state index in [1.807, 2.05) is 24.3 Å². The number of amides is 2. The number of hydrogen-bond acceptors (Lipinski definition) is 7. The zero-order valence-electron chi connectivity index (χ0n) is 18.1. The maximum absolute atomic E-state index is 12.3. The number of carbonyl (C=O) groups excluding carboxylic acids is 1. The highest BCUT2D eigenvalue weighted by atomic mass is 35.5. The first-order chi connectivity index (χ1) is 16.2. The van der Waals surface area contributed by atoms with Gasteiger partial charge in [0.25, 0.3) is 0 Å². The van der Waals surface area contributed by atoms with E-state index >= 15 is 0 Å². The van der Waals surface area contributed by atoms with Gasteiger partial charge < -0.3 is 20.7 Å². The summed E-state index contributed by atoms with van der Waals surface area (Å²) in [5.74, 6) is 0.578. The van der Waals surface area contributed by atoms with Gasteiger partial charge in [0.2, 0.25) is 5.95 Å². The van der Waals surface area contributed by atoms with E-state index in [1.165, 1.54) is 0 Å². The summed E-state index contributed by atoms with van der Waals surface area (Å²) in [6.07, 6.45) is 6.78. The summed E-state index contributed by atoms with van der Waals surface area (Å²) in [6, 6.07) is 8.85. The Hall–Kier alpha value is -3.27. The molecule has 0 saturated carbocycles. The van der Waals surface area contributed by atoms with Gasteiger partial charge in [0.15, 0.2) is 0 Å². The van der Waals surface area contributed by atoms with E-state index in [9.17, 15) is 4.79 Å². The van der Waals surface area contributed by atoms with Gasteiger partial charge in [0.05, 0.1) is 25.1 Å². The van der Waals surface area contributed by atoms with Crippen LogP contribution in [0.2, 0.25) is 5.02 Å². The molecule has 4 rings (SSSR count). The molecule has 3 N–H and O–H groups in total. The van der Waals surface area contributed by atoms with Gasteiger partial charge in [-0.15, -0.1) is 0 Å². The number of hydrogen-bond donors (Lipinski definition) is 3. The molecule has 10 heteroatoms. The summed E-state index contributed by atoms with van der Waals surface area (Å²) >= 11 is 5.98. The molecular formula is C23H26ClN7O2. The summed E-state index contributed by atoms with van der Waals surface area (Å²) in [7, 11) is 0. The van der Waals surface area contributed by atoms with E-state index in [2.05, 4.69) is 35.8 Å². The van der Waals surface area contributed by atoms with Gasteiger partial charge >= 0.3 is 6.03 Å². The van der Waals surface area contributed by atoms with Crippen LogP contribution >= 0.6 is 11.6 Å². The fraction of sp³-hybridized carbons (Fsp3) is 0.304. The molecule has 0 atom stereocenters. The third-order valence-electron chi connectivity index (χ3n) is 5.14. The Morgan fingerprint density at radius 2 is 1.88 bits per heavy atom. The smallest absolute Gasteiger partial charge is 0.319 e. The maximum atomic E-state index is 12.3. The molecule has 0 spiro atoms. The first-order valence-electron chi connectivity index (χ1n) is 10.8. The predicted octanol–water partition coefficient (Wildman–Crippen LogP) is 3.26. The molecule has 3 heterocycles. The van der Waals surface area contributed by atoms with Gasteiger partial charge in [-0.2, -0.15) is 0 Å². The summed E-state index contributed by atoms with van der Waals surface area (Å²) in [5.41, 5.74) is 3.11. The number of urea groups is 1. The Bertz CT molecular complexity index is 1060. The van der Waals surface area contributed by atoms with Crippen LogP contribution in [0.3, 0.4) is 0 Å². The normalized spacial score (nSPS) is 14.0. The first kappa shape index (κ1) is 22.9. The molecule has 1 aliphatic rings. The van der Waals surface area contributed by atoms with Crippen LogP contribution in [0, 0.1) is 0 Å². The molecule has 2 aromatic heterocycles. The molecule has 9 nitrogen and oxygen atoms in total. The van der Waals surface area contributed by atoms with Gasteiger partial charge in [-0.25, -0.2) is 14.8 Å². The van der Waals surface area contributed by atoms with Gasteiger partial charge in [0.1, 0.15) is 0 Å². The number of morpholine rings is 1. The highest BCUT2D eigenvalue weighted by Crippen LogP contribution is 2.20. The van der Waals surface area contributed by atoms with Crippen LogP contribution < -0.4 is 16.0 Å². The number of ether oxygens (including phenoxy) is 1. The topological polar surface area (TPSA) is 104 Å². The number of halogens is 1. The lowest BCUT2D eigenvalue weighted by Crippen LogP contribution is -2.39. The molecule has 1 aromatic carbocycles. The molecular weight excluding hydrogens is 442 g/mol. The number of aromatic nitrogens is 3. The Kier molecular flexibility index (Phi) is 8.02. The first-order valence-corrected chi connectivity index (χ1v) is 11.1. The second-order valence-corrected chi connectivity index (χ2v) is 8.01. The highest BCUT2D eigenvalue weighted by Gasteiger charge is 2.10. The highest BCUT2D eigenvalue weighted by molar-refractivity contribution is 6.30. The molecule has 1 fully saturated rings. The van der Waals surface area contributed by atoms with E-state index in [0.29, 0.717) is 23.2 Å². The third-order valence-corrected chi connectivity index (χ3v) is 5.37. The summed E-state index contributed by atoms with van der Waals surface area (Å²) in [4.78, 5) is 27.6. The summed E-state index contributed by atoms with van der Waals surface area (Å²) < 4.78 is 5.36. The molecule has 3 aromatic rings. The van der Waals surface area contributed by atoms with Crippen molar-refractivity contribution in [2.75, 3.05) is 50.0 Å².